The first-order valence-corrected chi connectivity index (χ1v) is 28.4. The maximum absolute atomic E-state index is 14.9. The number of hydrogen-bond donors (Lipinski definition) is 11. The van der Waals surface area contributed by atoms with Crippen LogP contribution >= 0.6 is 21.6 Å². The van der Waals surface area contributed by atoms with Gasteiger partial charge in [0.05, 0.1) is 13.0 Å². The Morgan fingerprint density at radius 1 is 0.727 bits per heavy atom. The zero-order chi connectivity index (χ0) is 56.1. The first-order chi connectivity index (χ1) is 36.7. The molecule has 0 radical (unpaired) electrons. The normalized spacial score (nSPS) is 23.2. The number of carbonyl (C=O) groups is 10. The minimum atomic E-state index is -1.65. The lowest BCUT2D eigenvalue weighted by molar-refractivity contribution is -0.142. The van der Waals surface area contributed by atoms with E-state index in [1.165, 1.54) is 26.5 Å². The van der Waals surface area contributed by atoms with E-state index < -0.39 is 119 Å². The quantitative estimate of drug-likeness (QED) is 0.0386. The van der Waals surface area contributed by atoms with Crippen LogP contribution in [0.4, 0.5) is 0 Å². The number of benzene rings is 2. The molecule has 0 unspecified atom stereocenters. The molecular weight excluding hydrogens is 1030 g/mol. The number of hydrogen-bond acceptors (Lipinski definition) is 13. The molecular formula is C52H75N13O10S2. The van der Waals surface area contributed by atoms with Crippen LogP contribution in [-0.4, -0.2) is 142 Å². The molecule has 77 heavy (non-hydrogen) atoms. The van der Waals surface area contributed by atoms with Gasteiger partial charge in [-0.05, 0) is 62.0 Å². The molecule has 0 aromatic heterocycles. The summed E-state index contributed by atoms with van der Waals surface area (Å²) >= 11 is 0. The number of amides is 10. The lowest BCUT2D eigenvalue weighted by Gasteiger charge is -2.37. The smallest absolute Gasteiger partial charge is 0.246 e. The average molecular weight is 1110 g/mol. The van der Waals surface area contributed by atoms with Gasteiger partial charge in [0.2, 0.25) is 59.1 Å². The number of aliphatic imine (C=N–C) groups is 1. The highest BCUT2D eigenvalue weighted by atomic mass is 33.1. The Morgan fingerprint density at radius 2 is 1.30 bits per heavy atom. The molecule has 420 valence electrons. The van der Waals surface area contributed by atoms with Gasteiger partial charge in [-0.3, -0.25) is 52.9 Å². The average Bonchev–Trinajstić information content (AvgIpc) is 3.89. The Morgan fingerprint density at radius 3 is 1.88 bits per heavy atom. The van der Waals surface area contributed by atoms with Crippen molar-refractivity contribution in [3.8, 4) is 0 Å². The maximum atomic E-state index is 14.9. The summed E-state index contributed by atoms with van der Waals surface area (Å²) in [7, 11) is 2.61. The summed E-state index contributed by atoms with van der Waals surface area (Å²) in [6.07, 6.45) is 3.99. The predicted molar refractivity (Wildman–Crippen MR) is 292 cm³/mol. The summed E-state index contributed by atoms with van der Waals surface area (Å²) in [4.78, 5) is 144. The van der Waals surface area contributed by atoms with Crippen molar-refractivity contribution in [2.75, 3.05) is 25.4 Å². The molecule has 10 amide bonds. The number of carbonyl (C=O) groups excluding carboxylic acids is 10. The van der Waals surface area contributed by atoms with Crippen molar-refractivity contribution in [3.05, 3.63) is 71.8 Å². The van der Waals surface area contributed by atoms with E-state index in [1.54, 1.807) is 30.3 Å². The standard InChI is InChI=1S/C52H75N13O10S2/c1-31(2)24-35-45(70)63-38(27-41(53)66)48(73)64-39(50(75)65-23-13-19-40(65)49(74)60-34(18-12-22-57-51(55)56)44(69)58-29-42(54)67)30-76-77-52(20-10-5-11-21-52)28-43(68)59-36(25-32-14-6-3-7-15-32)46(71)62-37(47(72)61-35)26-33-16-8-4-9-17-33/h3-4,6-9,14-17,31,34-40H,5,10-13,18-30H2,1-2H3,(H2,53,66)(H2,54,67)(H,58,69)(H,59,68)(H,60,74)(H,61,72)(H,62,71)(H,63,70)(H,64,73)(H4,55,56,57)/t34-,35-,36+,37-,38-,39-,40-/m0/s1. The molecule has 1 aliphatic carbocycles. The highest BCUT2D eigenvalue weighted by Gasteiger charge is 2.42. The second-order valence-electron chi connectivity index (χ2n) is 20.2. The Hall–Kier alpha value is -6.89. The van der Waals surface area contributed by atoms with Crippen LogP contribution in [0.2, 0.25) is 0 Å². The van der Waals surface area contributed by atoms with Crippen molar-refractivity contribution >= 4 is 86.6 Å². The lowest BCUT2D eigenvalue weighted by Crippen LogP contribution is -2.61. The predicted octanol–water partition coefficient (Wildman–Crippen LogP) is -0.564. The number of guanidine groups is 1. The van der Waals surface area contributed by atoms with Crippen LogP contribution in [0.25, 0.3) is 0 Å². The molecule has 15 N–H and O–H groups in total. The van der Waals surface area contributed by atoms with E-state index >= 15 is 0 Å². The number of nitrogens with one attached hydrogen (secondary N) is 7. The van der Waals surface area contributed by atoms with E-state index in [4.69, 9.17) is 22.9 Å². The van der Waals surface area contributed by atoms with Crippen molar-refractivity contribution in [1.29, 1.82) is 0 Å². The molecule has 2 aromatic carbocycles. The Balaban J connectivity index is 1.52. The molecule has 3 fully saturated rings. The minimum Gasteiger partial charge on any atom is -0.370 e. The van der Waals surface area contributed by atoms with Crippen LogP contribution in [0.15, 0.2) is 65.7 Å². The third-order valence-electron chi connectivity index (χ3n) is 13.4. The molecule has 2 heterocycles. The van der Waals surface area contributed by atoms with E-state index in [1.807, 2.05) is 44.2 Å². The molecule has 1 saturated carbocycles. The summed E-state index contributed by atoms with van der Waals surface area (Å²) in [5.74, 6) is -7.92. The van der Waals surface area contributed by atoms with Crippen molar-refractivity contribution in [1.82, 2.24) is 42.1 Å². The Bertz CT molecular complexity index is 2430. The molecule has 5 rings (SSSR count). The first kappa shape index (κ1) is 61.0. The highest BCUT2D eigenvalue weighted by Crippen LogP contribution is 2.48. The second-order valence-corrected chi connectivity index (χ2v) is 23.0. The monoisotopic (exact) mass is 1110 g/mol. The summed E-state index contributed by atoms with van der Waals surface area (Å²) in [6.45, 7) is 3.33. The fraction of sp³-hybridized carbons (Fsp3) is 0.558. The van der Waals surface area contributed by atoms with Gasteiger partial charge in [-0.2, -0.15) is 0 Å². The molecule has 1 spiro atoms. The van der Waals surface area contributed by atoms with Crippen LogP contribution in [0.1, 0.15) is 102 Å². The van der Waals surface area contributed by atoms with Gasteiger partial charge >= 0.3 is 0 Å². The molecule has 7 atom stereocenters. The van der Waals surface area contributed by atoms with E-state index in [9.17, 15) is 47.9 Å². The maximum Gasteiger partial charge on any atom is 0.246 e. The van der Waals surface area contributed by atoms with Gasteiger partial charge in [0, 0.05) is 42.9 Å². The van der Waals surface area contributed by atoms with E-state index in [0.717, 1.165) is 24.8 Å². The molecule has 25 heteroatoms. The number of nitrogens with two attached hydrogens (primary N) is 4. The Kier molecular flexibility index (Phi) is 23.9. The van der Waals surface area contributed by atoms with Gasteiger partial charge in [0.15, 0.2) is 5.96 Å². The van der Waals surface area contributed by atoms with Crippen molar-refractivity contribution in [2.45, 2.75) is 151 Å². The second kappa shape index (κ2) is 30.2. The summed E-state index contributed by atoms with van der Waals surface area (Å²) in [5.41, 5.74) is 23.3. The Labute approximate surface area is 456 Å². The number of nitrogens with zero attached hydrogens (tertiary/aromatic N) is 2. The first-order valence-electron chi connectivity index (χ1n) is 26.1. The highest BCUT2D eigenvalue weighted by molar-refractivity contribution is 8.77. The van der Waals surface area contributed by atoms with E-state index in [2.05, 4.69) is 42.2 Å². The molecule has 2 saturated heterocycles. The number of rotatable bonds is 18. The van der Waals surface area contributed by atoms with Gasteiger partial charge in [-0.25, -0.2) is 0 Å². The molecule has 3 aliphatic rings. The van der Waals surface area contributed by atoms with Crippen LogP contribution in [0.5, 0.6) is 0 Å². The van der Waals surface area contributed by atoms with Gasteiger partial charge in [-0.1, -0.05) is 115 Å². The third kappa shape index (κ3) is 19.9. The topological polar surface area (TPSA) is 375 Å². The van der Waals surface area contributed by atoms with Crippen LogP contribution in [0, 0.1) is 5.92 Å². The zero-order valence-corrected chi connectivity index (χ0v) is 45.4. The SMILES string of the molecule is CC(C)C[C@@H]1NC(=O)[C@H](Cc2ccccc2)NC(=O)[C@@H](Cc2ccccc2)NC(=O)CC2(CCCCC2)SSC[C@@H](C(=O)N2CCC[C@H]2C(=O)N[C@@H](CCCN=C(N)N)C(=O)NCC(N)=O)NC(=O)[C@H](CC(N)=O)NC1=O. The van der Waals surface area contributed by atoms with Gasteiger partial charge < -0.3 is 65.1 Å². The van der Waals surface area contributed by atoms with Crippen LogP contribution in [-0.2, 0) is 60.8 Å². The van der Waals surface area contributed by atoms with Crippen LogP contribution < -0.4 is 60.2 Å². The van der Waals surface area contributed by atoms with Gasteiger partial charge in [0.25, 0.3) is 0 Å². The summed E-state index contributed by atoms with van der Waals surface area (Å²) < 4.78 is -0.690. The van der Waals surface area contributed by atoms with Crippen molar-refractivity contribution in [3.63, 3.8) is 0 Å². The summed E-state index contributed by atoms with van der Waals surface area (Å²) in [6, 6.07) is 9.04. The molecule has 2 aromatic rings. The van der Waals surface area contributed by atoms with Crippen molar-refractivity contribution in [2.24, 2.45) is 33.8 Å². The van der Waals surface area contributed by atoms with E-state index in [0.29, 0.717) is 24.8 Å². The molecule has 0 bridgehead atoms. The number of likely N-dealkylation sites (tertiary alicyclic amines) is 1. The van der Waals surface area contributed by atoms with Gasteiger partial charge in [-0.15, -0.1) is 0 Å². The fourth-order valence-electron chi connectivity index (χ4n) is 9.59. The van der Waals surface area contributed by atoms with Crippen molar-refractivity contribution < 1.29 is 47.9 Å². The largest absolute Gasteiger partial charge is 0.370 e. The number of primary amides is 2. The third-order valence-corrected chi connectivity index (χ3v) is 16.7. The molecule has 2 aliphatic heterocycles. The zero-order valence-electron chi connectivity index (χ0n) is 43.7. The van der Waals surface area contributed by atoms with Crippen LogP contribution in [0.3, 0.4) is 0 Å². The minimum absolute atomic E-state index is 0.00658. The summed E-state index contributed by atoms with van der Waals surface area (Å²) in [5, 5.41) is 19.1. The lowest BCUT2D eigenvalue weighted by atomic mass is 9.85. The molecule has 23 nitrogen and oxygen atoms in total. The van der Waals surface area contributed by atoms with Gasteiger partial charge in [0.1, 0.15) is 42.3 Å². The van der Waals surface area contributed by atoms with E-state index in [-0.39, 0.29) is 75.7 Å². The fourth-order valence-corrected chi connectivity index (χ4v) is 13.0.